The molecule has 4 rings (SSSR count). The molecule has 2 aromatic heterocycles. The number of carbonyl (C=O) groups is 1. The van der Waals surface area contributed by atoms with Crippen LogP contribution in [-0.4, -0.2) is 52.4 Å². The Kier molecular flexibility index (Phi) is 5.14. The van der Waals surface area contributed by atoms with Gasteiger partial charge in [0.2, 0.25) is 5.91 Å². The average molecular weight is 397 g/mol. The zero-order chi connectivity index (χ0) is 20.4. The van der Waals surface area contributed by atoms with E-state index in [1.165, 1.54) is 0 Å². The number of aromatic nitrogens is 2. The molecule has 0 radical (unpaired) electrons. The predicted molar refractivity (Wildman–Crippen MR) is 103 cm³/mol. The van der Waals surface area contributed by atoms with Crippen molar-refractivity contribution in [2.75, 3.05) is 24.5 Å². The fourth-order valence-electron chi connectivity index (χ4n) is 4.14. The second-order valence-electron chi connectivity index (χ2n) is 7.54. The first kappa shape index (κ1) is 19.2. The van der Waals surface area contributed by atoms with Crippen molar-refractivity contribution >= 4 is 11.6 Å². The molecule has 2 aromatic rings. The number of carbonyl (C=O) groups excluding carboxylic acids is 1. The maximum Gasteiger partial charge on any atom is 0.268 e. The number of likely N-dealkylation sites (tertiary alicyclic amines) is 1. The normalized spacial score (nSPS) is 21.8. The first-order valence-corrected chi connectivity index (χ1v) is 9.67. The summed E-state index contributed by atoms with van der Waals surface area (Å²) in [5.41, 5.74) is 2.76. The fraction of sp³-hybridized carbons (Fsp3) is 0.429. The standard InChI is InChI=1S/C21H21F2N5O/c22-21(23)11-16(12-24)28(14-21)20(29)15-5-9-27(10-6-15)19-13-25-8-4-17(19)18-3-1-2-7-26-18/h1-4,7-8,13,15-16H,5-6,9-11,14H2/t16-/m1/s1. The van der Waals surface area contributed by atoms with Crippen LogP contribution >= 0.6 is 0 Å². The summed E-state index contributed by atoms with van der Waals surface area (Å²) in [7, 11) is 0. The first-order chi connectivity index (χ1) is 14.0. The van der Waals surface area contributed by atoms with E-state index in [4.69, 9.17) is 5.26 Å². The van der Waals surface area contributed by atoms with E-state index in [-0.39, 0.29) is 11.8 Å². The van der Waals surface area contributed by atoms with Gasteiger partial charge in [0.1, 0.15) is 6.04 Å². The lowest BCUT2D eigenvalue weighted by molar-refractivity contribution is -0.137. The maximum atomic E-state index is 13.7. The van der Waals surface area contributed by atoms with Crippen molar-refractivity contribution in [1.29, 1.82) is 5.26 Å². The van der Waals surface area contributed by atoms with Crippen LogP contribution in [-0.2, 0) is 4.79 Å². The molecule has 1 amide bonds. The van der Waals surface area contributed by atoms with E-state index in [2.05, 4.69) is 14.9 Å². The van der Waals surface area contributed by atoms with Gasteiger partial charge in [-0.05, 0) is 31.0 Å². The van der Waals surface area contributed by atoms with E-state index >= 15 is 0 Å². The summed E-state index contributed by atoms with van der Waals surface area (Å²) < 4.78 is 27.4. The summed E-state index contributed by atoms with van der Waals surface area (Å²) >= 11 is 0. The molecule has 0 aromatic carbocycles. The van der Waals surface area contributed by atoms with Gasteiger partial charge in [-0.2, -0.15) is 5.26 Å². The Labute approximate surface area is 167 Å². The highest BCUT2D eigenvalue weighted by Crippen LogP contribution is 2.35. The Hall–Kier alpha value is -3.08. The van der Waals surface area contributed by atoms with Crippen LogP contribution in [0, 0.1) is 17.2 Å². The third-order valence-corrected chi connectivity index (χ3v) is 5.63. The Balaban J connectivity index is 1.46. The summed E-state index contributed by atoms with van der Waals surface area (Å²) in [6.45, 7) is 0.573. The van der Waals surface area contributed by atoms with Crippen molar-refractivity contribution in [2.45, 2.75) is 31.2 Å². The van der Waals surface area contributed by atoms with Crippen molar-refractivity contribution < 1.29 is 13.6 Å². The van der Waals surface area contributed by atoms with Crippen molar-refractivity contribution in [3.8, 4) is 17.3 Å². The number of pyridine rings is 2. The number of piperidine rings is 1. The topological polar surface area (TPSA) is 73.1 Å². The number of hydrogen-bond donors (Lipinski definition) is 0. The molecule has 2 fully saturated rings. The second kappa shape index (κ2) is 7.74. The van der Waals surface area contributed by atoms with Crippen molar-refractivity contribution in [3.05, 3.63) is 42.9 Å². The number of halogens is 2. The number of hydrogen-bond acceptors (Lipinski definition) is 5. The molecule has 2 aliphatic heterocycles. The average Bonchev–Trinajstić information content (AvgIpc) is 3.08. The van der Waals surface area contributed by atoms with E-state index in [1.807, 2.05) is 30.3 Å². The number of amides is 1. The second-order valence-corrected chi connectivity index (χ2v) is 7.54. The van der Waals surface area contributed by atoms with Crippen LogP contribution in [0.5, 0.6) is 0 Å². The molecule has 2 saturated heterocycles. The maximum absolute atomic E-state index is 13.7. The molecule has 2 aliphatic rings. The van der Waals surface area contributed by atoms with Gasteiger partial charge in [-0.15, -0.1) is 0 Å². The summed E-state index contributed by atoms with van der Waals surface area (Å²) in [6, 6.07) is 8.45. The van der Waals surface area contributed by atoms with Crippen LogP contribution in [0.25, 0.3) is 11.3 Å². The lowest BCUT2D eigenvalue weighted by Gasteiger charge is -2.35. The van der Waals surface area contributed by atoms with Crippen molar-refractivity contribution in [1.82, 2.24) is 14.9 Å². The third kappa shape index (κ3) is 3.90. The SMILES string of the molecule is N#C[C@H]1CC(F)(F)CN1C(=O)C1CCN(c2cnccc2-c2ccccn2)CC1. The lowest BCUT2D eigenvalue weighted by atomic mass is 9.94. The van der Waals surface area contributed by atoms with Gasteiger partial charge in [0, 0.05) is 43.4 Å². The summed E-state index contributed by atoms with van der Waals surface area (Å²) in [5.74, 6) is -3.65. The minimum Gasteiger partial charge on any atom is -0.370 e. The zero-order valence-corrected chi connectivity index (χ0v) is 15.8. The minimum absolute atomic E-state index is 0.329. The lowest BCUT2D eigenvalue weighted by Crippen LogP contribution is -2.44. The molecule has 29 heavy (non-hydrogen) atoms. The molecule has 0 unspecified atom stereocenters. The van der Waals surface area contributed by atoms with E-state index in [0.29, 0.717) is 25.9 Å². The van der Waals surface area contributed by atoms with Gasteiger partial charge in [-0.3, -0.25) is 14.8 Å². The first-order valence-electron chi connectivity index (χ1n) is 9.67. The largest absolute Gasteiger partial charge is 0.370 e. The van der Waals surface area contributed by atoms with Crippen molar-refractivity contribution in [3.63, 3.8) is 0 Å². The van der Waals surface area contributed by atoms with Crippen LogP contribution in [0.4, 0.5) is 14.5 Å². The molecular weight excluding hydrogens is 376 g/mol. The van der Waals surface area contributed by atoms with Crippen LogP contribution in [0.1, 0.15) is 19.3 Å². The molecule has 6 nitrogen and oxygen atoms in total. The van der Waals surface area contributed by atoms with E-state index in [1.54, 1.807) is 18.6 Å². The van der Waals surface area contributed by atoms with Gasteiger partial charge in [-0.25, -0.2) is 8.78 Å². The monoisotopic (exact) mass is 397 g/mol. The number of anilines is 1. The summed E-state index contributed by atoms with van der Waals surface area (Å²) in [4.78, 5) is 24.7. The van der Waals surface area contributed by atoms with Crippen LogP contribution in [0.15, 0.2) is 42.9 Å². The highest BCUT2D eigenvalue weighted by Gasteiger charge is 2.48. The molecule has 0 aliphatic carbocycles. The van der Waals surface area contributed by atoms with Gasteiger partial charge in [0.15, 0.2) is 0 Å². The molecule has 150 valence electrons. The molecule has 0 N–H and O–H groups in total. The minimum atomic E-state index is -2.98. The predicted octanol–water partition coefficient (Wildman–Crippen LogP) is 3.12. The highest BCUT2D eigenvalue weighted by molar-refractivity contribution is 5.81. The molecule has 0 spiro atoms. The van der Waals surface area contributed by atoms with Gasteiger partial charge < -0.3 is 9.80 Å². The molecule has 4 heterocycles. The Morgan fingerprint density at radius 3 is 2.69 bits per heavy atom. The summed E-state index contributed by atoms with van der Waals surface area (Å²) in [6.07, 6.45) is 5.78. The number of nitriles is 1. The highest BCUT2D eigenvalue weighted by atomic mass is 19.3. The Bertz CT molecular complexity index is 922. The van der Waals surface area contributed by atoms with Crippen LogP contribution < -0.4 is 4.90 Å². The molecule has 1 atom stereocenters. The fourth-order valence-corrected chi connectivity index (χ4v) is 4.14. The number of rotatable bonds is 3. The molecule has 8 heteroatoms. The number of nitrogens with zero attached hydrogens (tertiary/aromatic N) is 5. The van der Waals surface area contributed by atoms with E-state index in [0.717, 1.165) is 21.8 Å². The number of alkyl halides is 2. The molecular formula is C21H21F2N5O. The van der Waals surface area contributed by atoms with Gasteiger partial charge >= 0.3 is 0 Å². The van der Waals surface area contributed by atoms with E-state index < -0.39 is 24.9 Å². The van der Waals surface area contributed by atoms with Gasteiger partial charge in [-0.1, -0.05) is 6.07 Å². The van der Waals surface area contributed by atoms with Gasteiger partial charge in [0.25, 0.3) is 5.92 Å². The molecule has 0 bridgehead atoms. The Morgan fingerprint density at radius 1 is 1.21 bits per heavy atom. The molecule has 0 saturated carbocycles. The smallest absolute Gasteiger partial charge is 0.268 e. The van der Waals surface area contributed by atoms with Gasteiger partial charge in [0.05, 0.1) is 30.2 Å². The zero-order valence-electron chi connectivity index (χ0n) is 15.8. The third-order valence-electron chi connectivity index (χ3n) is 5.63. The summed E-state index contributed by atoms with van der Waals surface area (Å²) in [5, 5.41) is 9.15. The van der Waals surface area contributed by atoms with Crippen LogP contribution in [0.3, 0.4) is 0 Å². The van der Waals surface area contributed by atoms with Crippen LogP contribution in [0.2, 0.25) is 0 Å². The van der Waals surface area contributed by atoms with Crippen molar-refractivity contribution in [2.24, 2.45) is 5.92 Å². The Morgan fingerprint density at radius 2 is 2.00 bits per heavy atom. The van der Waals surface area contributed by atoms with E-state index in [9.17, 15) is 13.6 Å². The quantitative estimate of drug-likeness (QED) is 0.796.